The molecule has 0 aliphatic carbocycles. The number of rotatable bonds is 9. The van der Waals surface area contributed by atoms with Gasteiger partial charge in [-0.2, -0.15) is 0 Å². The molecule has 9 heteroatoms. The number of nitrogens with one attached hydrogen (secondary N) is 2. The Hall–Kier alpha value is -2.65. The van der Waals surface area contributed by atoms with Gasteiger partial charge in [-0.15, -0.1) is 10.2 Å². The molecule has 1 aliphatic rings. The monoisotopic (exact) mass is 414 g/mol. The van der Waals surface area contributed by atoms with Crippen LogP contribution in [0.5, 0.6) is 0 Å². The van der Waals surface area contributed by atoms with Crippen LogP contribution in [0, 0.1) is 0 Å². The molecule has 29 heavy (non-hydrogen) atoms. The van der Waals surface area contributed by atoms with Gasteiger partial charge in [0.15, 0.2) is 5.16 Å². The zero-order chi connectivity index (χ0) is 20.5. The summed E-state index contributed by atoms with van der Waals surface area (Å²) in [6.07, 6.45) is 5.87. The number of aryl methyl sites for hydroxylation is 1. The Morgan fingerprint density at radius 2 is 2.21 bits per heavy atom. The van der Waals surface area contributed by atoms with Gasteiger partial charge >= 0.3 is 0 Å². The van der Waals surface area contributed by atoms with Crippen LogP contribution in [0.4, 0.5) is 0 Å². The number of hydrogen-bond donors (Lipinski definition) is 2. The van der Waals surface area contributed by atoms with Crippen molar-refractivity contribution in [2.75, 3.05) is 31.9 Å². The van der Waals surface area contributed by atoms with Crippen molar-refractivity contribution in [2.24, 2.45) is 7.05 Å². The topological polar surface area (TPSA) is 92.1 Å². The van der Waals surface area contributed by atoms with E-state index in [9.17, 15) is 9.59 Å². The summed E-state index contributed by atoms with van der Waals surface area (Å²) < 4.78 is 1.83. The first-order chi connectivity index (χ1) is 14.1. The number of piperazine rings is 1. The van der Waals surface area contributed by atoms with Gasteiger partial charge in [0.05, 0.1) is 12.5 Å². The highest BCUT2D eigenvalue weighted by molar-refractivity contribution is 7.99. The van der Waals surface area contributed by atoms with Crippen molar-refractivity contribution in [2.45, 2.75) is 17.6 Å². The Morgan fingerprint density at radius 1 is 1.38 bits per heavy atom. The van der Waals surface area contributed by atoms with Gasteiger partial charge in [0.1, 0.15) is 6.33 Å². The summed E-state index contributed by atoms with van der Waals surface area (Å²) in [7, 11) is 1.88. The van der Waals surface area contributed by atoms with Crippen LogP contribution >= 0.6 is 11.8 Å². The van der Waals surface area contributed by atoms with Gasteiger partial charge < -0.3 is 15.2 Å². The molecule has 1 atom stereocenters. The zero-order valence-corrected chi connectivity index (χ0v) is 17.3. The van der Waals surface area contributed by atoms with Crippen molar-refractivity contribution < 1.29 is 9.59 Å². The Kier molecular flexibility index (Phi) is 7.83. The number of carbonyl (C=O) groups is 2. The Balaban J connectivity index is 1.45. The highest BCUT2D eigenvalue weighted by Gasteiger charge is 2.30. The molecule has 1 saturated heterocycles. The fourth-order valence-electron chi connectivity index (χ4n) is 3.07. The van der Waals surface area contributed by atoms with Gasteiger partial charge in [0.25, 0.3) is 0 Å². The van der Waals surface area contributed by atoms with Crippen LogP contribution in [0.3, 0.4) is 0 Å². The largest absolute Gasteiger partial charge is 0.355 e. The van der Waals surface area contributed by atoms with E-state index in [1.807, 2.05) is 59.0 Å². The second kappa shape index (κ2) is 10.8. The van der Waals surface area contributed by atoms with Crippen molar-refractivity contribution in [3.8, 4) is 0 Å². The van der Waals surface area contributed by atoms with Crippen LogP contribution in [0.1, 0.15) is 12.0 Å². The van der Waals surface area contributed by atoms with Gasteiger partial charge in [-0.05, 0) is 5.56 Å². The van der Waals surface area contributed by atoms with Gasteiger partial charge in [-0.3, -0.25) is 14.5 Å². The Bertz CT molecular complexity index is 839. The van der Waals surface area contributed by atoms with E-state index in [1.165, 1.54) is 11.8 Å². The van der Waals surface area contributed by atoms with E-state index >= 15 is 0 Å². The van der Waals surface area contributed by atoms with Gasteiger partial charge in [-0.25, -0.2) is 0 Å². The summed E-state index contributed by atoms with van der Waals surface area (Å²) in [4.78, 5) is 26.7. The third kappa shape index (κ3) is 6.43. The van der Waals surface area contributed by atoms with E-state index < -0.39 is 6.04 Å². The van der Waals surface area contributed by atoms with Crippen molar-refractivity contribution in [3.05, 3.63) is 48.3 Å². The average Bonchev–Trinajstić information content (AvgIpc) is 3.13. The first-order valence-electron chi connectivity index (χ1n) is 9.60. The van der Waals surface area contributed by atoms with E-state index in [0.717, 1.165) is 17.3 Å². The van der Waals surface area contributed by atoms with Gasteiger partial charge in [-0.1, -0.05) is 54.2 Å². The number of nitrogens with zero attached hydrogens (tertiary/aromatic N) is 4. The minimum atomic E-state index is -0.449. The second-order valence-corrected chi connectivity index (χ2v) is 7.80. The number of benzene rings is 1. The summed E-state index contributed by atoms with van der Waals surface area (Å²) in [5.74, 6) is 0.481. The minimum absolute atomic E-state index is 0.0898. The maximum absolute atomic E-state index is 12.3. The van der Waals surface area contributed by atoms with Crippen LogP contribution in [-0.2, 0) is 16.6 Å². The number of aromatic nitrogens is 3. The van der Waals surface area contributed by atoms with Crippen LogP contribution in [0.25, 0.3) is 6.08 Å². The second-order valence-electron chi connectivity index (χ2n) is 6.74. The number of amides is 2. The maximum Gasteiger partial charge on any atom is 0.237 e. The van der Waals surface area contributed by atoms with E-state index in [1.54, 1.807) is 6.33 Å². The molecule has 8 nitrogen and oxygen atoms in total. The molecule has 2 aromatic rings. The summed E-state index contributed by atoms with van der Waals surface area (Å²) in [5, 5.41) is 14.4. The summed E-state index contributed by atoms with van der Waals surface area (Å²) in [6.45, 7) is 2.47. The lowest BCUT2D eigenvalue weighted by Gasteiger charge is -2.33. The molecule has 2 amide bonds. The fraction of sp³-hybridized carbons (Fsp3) is 0.400. The molecule has 3 rings (SSSR count). The van der Waals surface area contributed by atoms with Crippen molar-refractivity contribution >= 4 is 29.7 Å². The summed E-state index contributed by atoms with van der Waals surface area (Å²) in [6, 6.07) is 9.57. The minimum Gasteiger partial charge on any atom is -0.355 e. The van der Waals surface area contributed by atoms with Gasteiger partial charge in [0.2, 0.25) is 11.8 Å². The van der Waals surface area contributed by atoms with Crippen LogP contribution in [0.15, 0.2) is 47.9 Å². The van der Waals surface area contributed by atoms with Crippen molar-refractivity contribution in [3.63, 3.8) is 0 Å². The first-order valence-corrected chi connectivity index (χ1v) is 10.6. The van der Waals surface area contributed by atoms with E-state index in [2.05, 4.69) is 20.8 Å². The van der Waals surface area contributed by atoms with E-state index in [4.69, 9.17) is 0 Å². The quantitative estimate of drug-likeness (QED) is 0.468. The lowest BCUT2D eigenvalue weighted by molar-refractivity contribution is -0.133. The lowest BCUT2D eigenvalue weighted by Crippen LogP contribution is -2.56. The molecule has 1 aliphatic heterocycles. The SMILES string of the molecule is Cn1cnnc1SCCNC(=O)CC1C(=O)NCCN1C/C=C/c1ccccc1. The average molecular weight is 415 g/mol. The summed E-state index contributed by atoms with van der Waals surface area (Å²) >= 11 is 1.53. The normalized spacial score (nSPS) is 17.4. The van der Waals surface area contributed by atoms with Gasteiger partial charge in [0, 0.05) is 39.0 Å². The Morgan fingerprint density at radius 3 is 2.97 bits per heavy atom. The molecule has 1 unspecified atom stereocenters. The number of hydrogen-bond acceptors (Lipinski definition) is 6. The molecule has 2 heterocycles. The third-order valence-corrected chi connectivity index (χ3v) is 5.63. The predicted molar refractivity (Wildman–Crippen MR) is 113 cm³/mol. The molecule has 0 spiro atoms. The molecule has 0 bridgehead atoms. The van der Waals surface area contributed by atoms with Crippen LogP contribution in [0.2, 0.25) is 0 Å². The zero-order valence-electron chi connectivity index (χ0n) is 16.5. The maximum atomic E-state index is 12.3. The third-order valence-electron chi connectivity index (χ3n) is 4.60. The Labute approximate surface area is 174 Å². The predicted octanol–water partition coefficient (Wildman–Crippen LogP) is 0.927. The number of carbonyl (C=O) groups excluding carboxylic acids is 2. The molecule has 1 aromatic heterocycles. The molecule has 1 aromatic carbocycles. The van der Waals surface area contributed by atoms with Crippen LogP contribution in [-0.4, -0.2) is 69.5 Å². The highest BCUT2D eigenvalue weighted by atomic mass is 32.2. The molecule has 0 radical (unpaired) electrons. The number of thioether (sulfide) groups is 1. The standard InChI is InChI=1S/C20H26N6O2S/c1-25-15-23-24-20(25)29-13-10-21-18(27)14-17-19(28)22-9-12-26(17)11-5-8-16-6-3-2-4-7-16/h2-8,15,17H,9-14H2,1H3,(H,21,27)(H,22,28)/b8-5+. The molecular weight excluding hydrogens is 388 g/mol. The highest BCUT2D eigenvalue weighted by Crippen LogP contribution is 2.13. The fourth-order valence-corrected chi connectivity index (χ4v) is 3.82. The molecule has 2 N–H and O–H groups in total. The molecule has 1 fully saturated rings. The summed E-state index contributed by atoms with van der Waals surface area (Å²) in [5.41, 5.74) is 1.11. The van der Waals surface area contributed by atoms with Crippen molar-refractivity contribution in [1.29, 1.82) is 0 Å². The first kappa shape index (κ1) is 21.1. The van der Waals surface area contributed by atoms with E-state index in [0.29, 0.717) is 25.4 Å². The lowest BCUT2D eigenvalue weighted by atomic mass is 10.1. The molecular formula is C20H26N6O2S. The van der Waals surface area contributed by atoms with Crippen LogP contribution < -0.4 is 10.6 Å². The van der Waals surface area contributed by atoms with E-state index in [-0.39, 0.29) is 18.2 Å². The molecule has 154 valence electrons. The van der Waals surface area contributed by atoms with Crippen molar-refractivity contribution in [1.82, 2.24) is 30.3 Å². The molecule has 0 saturated carbocycles. The smallest absolute Gasteiger partial charge is 0.237 e.